The maximum absolute atomic E-state index is 12.7. The molecule has 4 nitrogen and oxygen atoms in total. The van der Waals surface area contributed by atoms with Crippen LogP contribution in [0.1, 0.15) is 36.0 Å². The van der Waals surface area contributed by atoms with E-state index < -0.39 is 0 Å². The maximum Gasteiger partial charge on any atom is 0.185 e. The average Bonchev–Trinajstić information content (AvgIpc) is 2.58. The molecular formula is C21H20O4. The Morgan fingerprint density at radius 2 is 1.36 bits per heavy atom. The number of Topliss-reactive ketones (excluding diaryl/α,β-unsaturated/α-hetero) is 1. The number of carbonyl (C=O) groups is 1. The van der Waals surface area contributed by atoms with Gasteiger partial charge in [0.15, 0.2) is 17.3 Å². The van der Waals surface area contributed by atoms with Gasteiger partial charge >= 0.3 is 0 Å². The molecule has 3 N–H and O–H groups in total. The quantitative estimate of drug-likeness (QED) is 0.563. The van der Waals surface area contributed by atoms with Gasteiger partial charge in [-0.25, -0.2) is 0 Å². The summed E-state index contributed by atoms with van der Waals surface area (Å²) in [4.78, 5) is 12.7. The number of hydrogen-bond acceptors (Lipinski definition) is 4. The lowest BCUT2D eigenvalue weighted by atomic mass is 9.86. The lowest BCUT2D eigenvalue weighted by Gasteiger charge is -2.17. The minimum absolute atomic E-state index is 0.00421. The molecule has 0 atom stereocenters. The summed E-state index contributed by atoms with van der Waals surface area (Å²) in [5.74, 6) is -0.136. The van der Waals surface area contributed by atoms with E-state index >= 15 is 0 Å². The van der Waals surface area contributed by atoms with Crippen molar-refractivity contribution in [1.82, 2.24) is 0 Å². The zero-order chi connectivity index (χ0) is 18.0. The van der Waals surface area contributed by atoms with Gasteiger partial charge in [0.2, 0.25) is 0 Å². The molecule has 0 radical (unpaired) electrons. The van der Waals surface area contributed by atoms with Crippen molar-refractivity contribution in [2.75, 3.05) is 0 Å². The Balaban J connectivity index is 1.89. The standard InChI is InChI=1S/C21H20O4/c1-13-9-14(5-7-18(13)22)10-16-3-2-4-17(21(16)25)11-15-6-8-19(23)20(24)12-15/h5-12,22-24H,2-4H2,1H3/b16-10+,17-11+. The first-order chi connectivity index (χ1) is 11.9. The van der Waals surface area contributed by atoms with Crippen LogP contribution in [0.25, 0.3) is 12.2 Å². The van der Waals surface area contributed by atoms with Crippen LogP contribution in [0.15, 0.2) is 47.5 Å². The summed E-state index contributed by atoms with van der Waals surface area (Å²) in [7, 11) is 0. The highest BCUT2D eigenvalue weighted by Crippen LogP contribution is 2.31. The molecule has 0 bridgehead atoms. The molecule has 2 aromatic rings. The average molecular weight is 336 g/mol. The molecule has 2 aromatic carbocycles. The molecule has 128 valence electrons. The van der Waals surface area contributed by atoms with Crippen molar-refractivity contribution in [3.8, 4) is 17.2 Å². The number of rotatable bonds is 2. The van der Waals surface area contributed by atoms with Gasteiger partial charge in [0, 0.05) is 11.1 Å². The minimum atomic E-state index is -0.201. The van der Waals surface area contributed by atoms with Crippen LogP contribution in [-0.2, 0) is 4.79 Å². The van der Waals surface area contributed by atoms with Crippen LogP contribution in [0, 0.1) is 6.92 Å². The summed E-state index contributed by atoms with van der Waals surface area (Å²) in [6.45, 7) is 1.82. The summed E-state index contributed by atoms with van der Waals surface area (Å²) in [6.07, 6.45) is 5.92. The van der Waals surface area contributed by atoms with Gasteiger partial charge in [-0.05, 0) is 79.3 Å². The molecule has 0 heterocycles. The van der Waals surface area contributed by atoms with Crippen molar-refractivity contribution in [2.45, 2.75) is 26.2 Å². The largest absolute Gasteiger partial charge is 0.508 e. The Morgan fingerprint density at radius 3 is 1.92 bits per heavy atom. The Kier molecular flexibility index (Phi) is 4.61. The molecule has 0 amide bonds. The molecular weight excluding hydrogens is 316 g/mol. The van der Waals surface area contributed by atoms with Gasteiger partial charge in [0.1, 0.15) is 5.75 Å². The van der Waals surface area contributed by atoms with Crippen molar-refractivity contribution in [3.63, 3.8) is 0 Å². The SMILES string of the molecule is Cc1cc(/C=C2\CCC/C(=C\c3ccc(O)c(O)c3)C2=O)ccc1O. The highest BCUT2D eigenvalue weighted by atomic mass is 16.3. The van der Waals surface area contributed by atoms with Crippen LogP contribution in [0.5, 0.6) is 17.2 Å². The smallest absolute Gasteiger partial charge is 0.185 e. The predicted octanol–water partition coefficient (Wildman–Crippen LogP) is 4.33. The van der Waals surface area contributed by atoms with E-state index in [-0.39, 0.29) is 23.0 Å². The van der Waals surface area contributed by atoms with Crippen LogP contribution in [0.3, 0.4) is 0 Å². The van der Waals surface area contributed by atoms with Crippen LogP contribution in [0.4, 0.5) is 0 Å². The Labute approximate surface area is 146 Å². The Bertz CT molecular complexity index is 819. The first kappa shape index (κ1) is 16.8. The Hall–Kier alpha value is -3.01. The van der Waals surface area contributed by atoms with E-state index in [9.17, 15) is 20.1 Å². The van der Waals surface area contributed by atoms with Gasteiger partial charge in [-0.15, -0.1) is 0 Å². The zero-order valence-corrected chi connectivity index (χ0v) is 14.0. The molecule has 1 aliphatic rings. The normalized spacial score (nSPS) is 18.0. The molecule has 0 aromatic heterocycles. The zero-order valence-electron chi connectivity index (χ0n) is 14.0. The van der Waals surface area contributed by atoms with E-state index in [1.54, 1.807) is 24.3 Å². The lowest BCUT2D eigenvalue weighted by molar-refractivity contribution is -0.112. The van der Waals surface area contributed by atoms with Gasteiger partial charge < -0.3 is 15.3 Å². The van der Waals surface area contributed by atoms with Crippen molar-refractivity contribution < 1.29 is 20.1 Å². The summed E-state index contributed by atoms with van der Waals surface area (Å²) >= 11 is 0. The van der Waals surface area contributed by atoms with Crippen LogP contribution < -0.4 is 0 Å². The van der Waals surface area contributed by atoms with Crippen LogP contribution >= 0.6 is 0 Å². The first-order valence-electron chi connectivity index (χ1n) is 8.21. The van der Waals surface area contributed by atoms with E-state index in [1.165, 1.54) is 12.1 Å². The Morgan fingerprint density at radius 1 is 0.800 bits per heavy atom. The summed E-state index contributed by atoms with van der Waals surface area (Å²) < 4.78 is 0. The monoisotopic (exact) mass is 336 g/mol. The van der Waals surface area contributed by atoms with E-state index in [1.807, 2.05) is 19.1 Å². The second-order valence-electron chi connectivity index (χ2n) is 6.32. The summed E-state index contributed by atoms with van der Waals surface area (Å²) in [5, 5.41) is 28.6. The number of ketones is 1. The number of hydrogen-bond donors (Lipinski definition) is 3. The molecule has 0 spiro atoms. The molecule has 0 saturated heterocycles. The van der Waals surface area contributed by atoms with Crippen molar-refractivity contribution in [1.29, 1.82) is 0 Å². The number of phenolic OH excluding ortho intramolecular Hbond substituents is 3. The van der Waals surface area contributed by atoms with Gasteiger partial charge in [0.25, 0.3) is 0 Å². The number of phenols is 3. The number of benzene rings is 2. The highest BCUT2D eigenvalue weighted by Gasteiger charge is 2.20. The van der Waals surface area contributed by atoms with Crippen molar-refractivity contribution >= 4 is 17.9 Å². The number of allylic oxidation sites excluding steroid dienone is 2. The van der Waals surface area contributed by atoms with Crippen LogP contribution in [-0.4, -0.2) is 21.1 Å². The number of carbonyl (C=O) groups excluding carboxylic acids is 1. The second kappa shape index (κ2) is 6.85. The molecule has 1 saturated carbocycles. The van der Waals surface area contributed by atoms with Gasteiger partial charge in [-0.3, -0.25) is 4.79 Å². The van der Waals surface area contributed by atoms with Crippen molar-refractivity contribution in [2.24, 2.45) is 0 Å². The third-order valence-electron chi connectivity index (χ3n) is 4.38. The maximum atomic E-state index is 12.7. The van der Waals surface area contributed by atoms with Gasteiger partial charge in [-0.1, -0.05) is 12.1 Å². The molecule has 3 rings (SSSR count). The first-order valence-corrected chi connectivity index (χ1v) is 8.21. The fourth-order valence-corrected chi connectivity index (χ4v) is 2.98. The molecule has 1 aliphatic carbocycles. The second-order valence-corrected chi connectivity index (χ2v) is 6.32. The van der Waals surface area contributed by atoms with E-state index in [0.29, 0.717) is 17.6 Å². The molecule has 25 heavy (non-hydrogen) atoms. The van der Waals surface area contributed by atoms with E-state index in [0.717, 1.165) is 29.5 Å². The van der Waals surface area contributed by atoms with E-state index in [2.05, 4.69) is 0 Å². The summed E-state index contributed by atoms with van der Waals surface area (Å²) in [5.41, 5.74) is 3.78. The third kappa shape index (κ3) is 3.74. The molecule has 0 unspecified atom stereocenters. The predicted molar refractivity (Wildman–Crippen MR) is 97.4 cm³/mol. The molecule has 0 aliphatic heterocycles. The fourth-order valence-electron chi connectivity index (χ4n) is 2.98. The highest BCUT2D eigenvalue weighted by molar-refractivity contribution is 6.14. The fraction of sp³-hybridized carbons (Fsp3) is 0.190. The van der Waals surface area contributed by atoms with Crippen LogP contribution in [0.2, 0.25) is 0 Å². The third-order valence-corrected chi connectivity index (χ3v) is 4.38. The van der Waals surface area contributed by atoms with Gasteiger partial charge in [-0.2, -0.15) is 0 Å². The van der Waals surface area contributed by atoms with Gasteiger partial charge in [0.05, 0.1) is 0 Å². The molecule has 1 fully saturated rings. The van der Waals surface area contributed by atoms with Crippen molar-refractivity contribution in [3.05, 3.63) is 64.2 Å². The lowest BCUT2D eigenvalue weighted by Crippen LogP contribution is -2.12. The topological polar surface area (TPSA) is 77.8 Å². The summed E-state index contributed by atoms with van der Waals surface area (Å²) in [6, 6.07) is 9.79. The van der Waals surface area contributed by atoms with E-state index in [4.69, 9.17) is 0 Å². The number of aryl methyl sites for hydroxylation is 1. The minimum Gasteiger partial charge on any atom is -0.508 e. The number of aromatic hydroxyl groups is 3. The molecule has 4 heteroatoms.